The molecular formula is C27H29N2O3+. The van der Waals surface area contributed by atoms with E-state index in [0.717, 1.165) is 41.7 Å². The molecule has 0 aliphatic carbocycles. The largest absolute Gasteiger partial charge is 0.497 e. The van der Waals surface area contributed by atoms with Crippen LogP contribution in [-0.2, 0) is 4.74 Å². The van der Waals surface area contributed by atoms with Crippen LogP contribution in [0.2, 0.25) is 0 Å². The highest BCUT2D eigenvalue weighted by Crippen LogP contribution is 2.37. The van der Waals surface area contributed by atoms with Crippen LogP contribution in [-0.4, -0.2) is 37.2 Å². The van der Waals surface area contributed by atoms with Crippen LogP contribution in [0.5, 0.6) is 5.75 Å². The lowest BCUT2D eigenvalue weighted by molar-refractivity contribution is -0.949. The zero-order chi connectivity index (χ0) is 22.1. The van der Waals surface area contributed by atoms with Gasteiger partial charge in [0.2, 0.25) is 0 Å². The van der Waals surface area contributed by atoms with Gasteiger partial charge in [-0.2, -0.15) is 0 Å². The fraction of sp³-hybridized carbons (Fsp3) is 0.333. The zero-order valence-corrected chi connectivity index (χ0v) is 18.4. The molecular weight excluding hydrogens is 400 g/mol. The van der Waals surface area contributed by atoms with Crippen molar-refractivity contribution in [2.24, 2.45) is 11.8 Å². The summed E-state index contributed by atoms with van der Waals surface area (Å²) in [4.78, 5) is 19.2. The van der Waals surface area contributed by atoms with Crippen LogP contribution in [0.1, 0.15) is 34.9 Å². The summed E-state index contributed by atoms with van der Waals surface area (Å²) in [5.41, 5.74) is 2.45. The minimum atomic E-state index is -0.358. The Hall–Kier alpha value is -3.18. The van der Waals surface area contributed by atoms with Crippen molar-refractivity contribution in [3.8, 4) is 5.75 Å². The SMILES string of the molecule is C=C[C@H]1C[NH+]2CC[C@H]1C[C@@H]2[C@@H](OC(=O)c1ccccc1)c1ccnc2ccc(OC)cc12. The topological polar surface area (TPSA) is 52.9 Å². The monoisotopic (exact) mass is 429 g/mol. The molecule has 4 heterocycles. The summed E-state index contributed by atoms with van der Waals surface area (Å²) in [5, 5.41) is 0.972. The van der Waals surface area contributed by atoms with E-state index in [1.165, 1.54) is 11.3 Å². The average Bonchev–Trinajstić information content (AvgIpc) is 2.87. The summed E-state index contributed by atoms with van der Waals surface area (Å²) in [6.45, 7) is 6.21. The molecule has 1 N–H and O–H groups in total. The van der Waals surface area contributed by atoms with Crippen molar-refractivity contribution in [3.05, 3.63) is 84.6 Å². The maximum atomic E-state index is 13.2. The van der Waals surface area contributed by atoms with E-state index < -0.39 is 0 Å². The molecule has 164 valence electrons. The minimum absolute atomic E-state index is 0.203. The Labute approximate surface area is 188 Å². The molecule has 3 aliphatic heterocycles. The molecule has 2 bridgehead atoms. The molecule has 3 aromatic rings. The molecule has 3 fully saturated rings. The summed E-state index contributed by atoms with van der Waals surface area (Å²) in [6, 6.07) is 17.3. The number of quaternary nitrogens is 1. The third-order valence-corrected chi connectivity index (χ3v) is 7.22. The summed E-state index contributed by atoms with van der Waals surface area (Å²) in [7, 11) is 1.66. The van der Waals surface area contributed by atoms with Gasteiger partial charge < -0.3 is 14.4 Å². The van der Waals surface area contributed by atoms with Crippen LogP contribution in [0.15, 0.2) is 73.4 Å². The first-order chi connectivity index (χ1) is 15.7. The number of pyridine rings is 1. The predicted octanol–water partition coefficient (Wildman–Crippen LogP) is 3.62. The van der Waals surface area contributed by atoms with Crippen molar-refractivity contribution >= 4 is 16.9 Å². The second-order valence-corrected chi connectivity index (χ2v) is 8.88. The molecule has 2 aromatic carbocycles. The predicted molar refractivity (Wildman–Crippen MR) is 124 cm³/mol. The van der Waals surface area contributed by atoms with Gasteiger partial charge in [0, 0.05) is 35.9 Å². The smallest absolute Gasteiger partial charge is 0.338 e. The number of piperidine rings is 3. The second-order valence-electron chi connectivity index (χ2n) is 8.88. The molecule has 0 amide bonds. The van der Waals surface area contributed by atoms with Crippen molar-refractivity contribution in [1.82, 2.24) is 4.98 Å². The van der Waals surface area contributed by atoms with Crippen molar-refractivity contribution in [1.29, 1.82) is 0 Å². The van der Waals surface area contributed by atoms with Gasteiger partial charge in [0.05, 0.1) is 31.3 Å². The summed E-state index contributed by atoms with van der Waals surface area (Å²) < 4.78 is 11.8. The fourth-order valence-corrected chi connectivity index (χ4v) is 5.53. The molecule has 1 unspecified atom stereocenters. The van der Waals surface area contributed by atoms with Gasteiger partial charge in [0.15, 0.2) is 6.10 Å². The number of carbonyl (C=O) groups excluding carboxylic acids is 1. The lowest BCUT2D eigenvalue weighted by atomic mass is 9.73. The van der Waals surface area contributed by atoms with Gasteiger partial charge in [0.25, 0.3) is 0 Å². The van der Waals surface area contributed by atoms with Crippen molar-refractivity contribution in [3.63, 3.8) is 0 Å². The normalized spacial score (nSPS) is 25.3. The summed E-state index contributed by atoms with van der Waals surface area (Å²) >= 11 is 0. The van der Waals surface area contributed by atoms with Gasteiger partial charge in [-0.05, 0) is 42.3 Å². The Morgan fingerprint density at radius 2 is 2.06 bits per heavy atom. The van der Waals surface area contributed by atoms with Crippen LogP contribution in [0.4, 0.5) is 0 Å². The molecule has 32 heavy (non-hydrogen) atoms. The van der Waals surface area contributed by atoms with Crippen LogP contribution >= 0.6 is 0 Å². The van der Waals surface area contributed by atoms with E-state index in [-0.39, 0.29) is 18.1 Å². The minimum Gasteiger partial charge on any atom is -0.497 e. The van der Waals surface area contributed by atoms with E-state index in [4.69, 9.17) is 9.47 Å². The number of fused-ring (bicyclic) bond motifs is 4. The molecule has 5 atom stereocenters. The number of ether oxygens (including phenoxy) is 2. The zero-order valence-electron chi connectivity index (χ0n) is 18.4. The highest BCUT2D eigenvalue weighted by molar-refractivity contribution is 5.90. The number of nitrogens with zero attached hydrogens (tertiary/aromatic N) is 1. The van der Waals surface area contributed by atoms with Gasteiger partial charge in [-0.3, -0.25) is 4.98 Å². The molecule has 0 saturated carbocycles. The molecule has 5 heteroatoms. The number of hydrogen-bond donors (Lipinski definition) is 1. The Balaban J connectivity index is 1.57. The Bertz CT molecular complexity index is 1130. The molecule has 1 aromatic heterocycles. The fourth-order valence-electron chi connectivity index (χ4n) is 5.53. The van der Waals surface area contributed by atoms with E-state index in [1.54, 1.807) is 19.2 Å². The van der Waals surface area contributed by atoms with E-state index in [2.05, 4.69) is 17.6 Å². The highest BCUT2D eigenvalue weighted by atomic mass is 16.5. The van der Waals surface area contributed by atoms with Gasteiger partial charge >= 0.3 is 5.97 Å². The second kappa shape index (κ2) is 8.75. The van der Waals surface area contributed by atoms with Crippen LogP contribution < -0.4 is 9.64 Å². The quantitative estimate of drug-likeness (QED) is 0.480. The standard InChI is InChI=1S/C27H28N2O3/c1-3-18-17-29-14-12-20(18)15-25(29)26(32-27(30)19-7-5-4-6-8-19)22-11-13-28-24-10-9-21(31-2)16-23(22)24/h3-11,13,16,18,20,25-26H,1,12,14-15,17H2,2H3/p+1/t18-,20-,25+,26-/m0/s1. The van der Waals surface area contributed by atoms with Crippen molar-refractivity contribution < 1.29 is 19.2 Å². The summed E-state index contributed by atoms with van der Waals surface area (Å²) in [6.07, 6.45) is 5.78. The van der Waals surface area contributed by atoms with Gasteiger partial charge in [-0.25, -0.2) is 4.79 Å². The number of nitrogens with one attached hydrogen (secondary N) is 1. The number of esters is 1. The number of carbonyl (C=O) groups is 1. The Kier molecular flexibility index (Phi) is 5.66. The summed E-state index contributed by atoms with van der Waals surface area (Å²) in [5.74, 6) is 1.61. The molecule has 6 rings (SSSR count). The molecule has 0 spiro atoms. The number of methoxy groups -OCH3 is 1. The van der Waals surface area contributed by atoms with Crippen molar-refractivity contribution in [2.75, 3.05) is 20.2 Å². The van der Waals surface area contributed by atoms with E-state index >= 15 is 0 Å². The first kappa shape index (κ1) is 20.7. The van der Waals surface area contributed by atoms with Crippen molar-refractivity contribution in [2.45, 2.75) is 25.0 Å². The maximum Gasteiger partial charge on any atom is 0.338 e. The lowest BCUT2D eigenvalue weighted by Crippen LogP contribution is -3.20. The first-order valence-corrected chi connectivity index (χ1v) is 11.3. The molecule has 3 saturated heterocycles. The maximum absolute atomic E-state index is 13.2. The number of benzene rings is 2. The molecule has 3 aliphatic rings. The van der Waals surface area contributed by atoms with E-state index in [0.29, 0.717) is 17.4 Å². The highest BCUT2D eigenvalue weighted by Gasteiger charge is 2.47. The third kappa shape index (κ3) is 3.78. The molecule has 5 nitrogen and oxygen atoms in total. The first-order valence-electron chi connectivity index (χ1n) is 11.3. The van der Waals surface area contributed by atoms with Crippen LogP contribution in [0, 0.1) is 11.8 Å². The number of aromatic nitrogens is 1. The Morgan fingerprint density at radius 3 is 2.78 bits per heavy atom. The van der Waals surface area contributed by atoms with Gasteiger partial charge in [-0.1, -0.05) is 24.3 Å². The van der Waals surface area contributed by atoms with Gasteiger partial charge in [0.1, 0.15) is 11.8 Å². The Morgan fingerprint density at radius 1 is 1.22 bits per heavy atom. The molecule has 0 radical (unpaired) electrons. The number of rotatable bonds is 6. The van der Waals surface area contributed by atoms with E-state index in [1.807, 2.05) is 48.7 Å². The third-order valence-electron chi connectivity index (χ3n) is 7.22. The van der Waals surface area contributed by atoms with Crippen LogP contribution in [0.25, 0.3) is 10.9 Å². The lowest BCUT2D eigenvalue weighted by Gasteiger charge is -2.48. The van der Waals surface area contributed by atoms with Gasteiger partial charge in [-0.15, -0.1) is 6.58 Å². The average molecular weight is 430 g/mol. The van der Waals surface area contributed by atoms with Crippen LogP contribution in [0.3, 0.4) is 0 Å². The van der Waals surface area contributed by atoms with E-state index in [9.17, 15) is 4.79 Å². The number of hydrogen-bond acceptors (Lipinski definition) is 4.